The summed E-state index contributed by atoms with van der Waals surface area (Å²) in [6, 6.07) is 11.8. The maximum atomic E-state index is 13.7. The van der Waals surface area contributed by atoms with Crippen molar-refractivity contribution in [2.75, 3.05) is 24.5 Å². The van der Waals surface area contributed by atoms with Gasteiger partial charge in [-0.15, -0.1) is 0 Å². The maximum Gasteiger partial charge on any atom is 0.407 e. The Kier molecular flexibility index (Phi) is 5.64. The Balaban J connectivity index is 1.71. The van der Waals surface area contributed by atoms with E-state index in [1.54, 1.807) is 42.6 Å². The van der Waals surface area contributed by atoms with Crippen molar-refractivity contribution in [2.24, 2.45) is 0 Å². The van der Waals surface area contributed by atoms with Crippen LogP contribution in [0.1, 0.15) is 12.5 Å². The Labute approximate surface area is 202 Å². The smallest absolute Gasteiger partial charge is 0.407 e. The van der Waals surface area contributed by atoms with Gasteiger partial charge in [0.05, 0.1) is 16.0 Å². The molecule has 0 radical (unpaired) electrons. The zero-order valence-electron chi connectivity index (χ0n) is 19.2. The van der Waals surface area contributed by atoms with Crippen LogP contribution in [0.5, 0.6) is 0 Å². The Bertz CT molecular complexity index is 1500. The highest BCUT2D eigenvalue weighted by Crippen LogP contribution is 2.36. The number of pyridine rings is 1. The summed E-state index contributed by atoms with van der Waals surface area (Å²) in [5.41, 5.74) is 2.36. The molecule has 35 heavy (non-hydrogen) atoms. The van der Waals surface area contributed by atoms with E-state index in [2.05, 4.69) is 15.0 Å². The number of carboxylic acid groups (broad SMARTS) is 1. The van der Waals surface area contributed by atoms with Crippen molar-refractivity contribution in [1.29, 1.82) is 0 Å². The summed E-state index contributed by atoms with van der Waals surface area (Å²) in [6.45, 7) is 4.87. The lowest BCUT2D eigenvalue weighted by molar-refractivity contribution is 0.122. The molecule has 0 saturated carbocycles. The molecule has 3 aromatic heterocycles. The minimum Gasteiger partial charge on any atom is -0.465 e. The van der Waals surface area contributed by atoms with Crippen LogP contribution in [0.25, 0.3) is 22.3 Å². The molecule has 0 spiro atoms. The summed E-state index contributed by atoms with van der Waals surface area (Å²) in [7, 11) is -3.95. The van der Waals surface area contributed by atoms with Crippen molar-refractivity contribution in [1.82, 2.24) is 23.8 Å². The SMILES string of the molecule is Cc1ccc(S(=O)(=O)n2cc(-c3ccccn3)c3c(N4CCN(C(=O)O)C(C)C4)ncnc32)cc1. The summed E-state index contributed by atoms with van der Waals surface area (Å²) < 4.78 is 28.5. The average Bonchev–Trinajstić information content (AvgIpc) is 3.25. The molecule has 1 aliphatic heterocycles. The number of aromatic nitrogens is 4. The first-order chi connectivity index (χ1) is 16.8. The first-order valence-corrected chi connectivity index (χ1v) is 12.6. The molecule has 5 rings (SSSR count). The molecule has 4 aromatic rings. The number of nitrogens with zero attached hydrogens (tertiary/aromatic N) is 6. The van der Waals surface area contributed by atoms with E-state index in [9.17, 15) is 18.3 Å². The summed E-state index contributed by atoms with van der Waals surface area (Å²) >= 11 is 0. The minimum absolute atomic E-state index is 0.149. The number of piperazine rings is 1. The van der Waals surface area contributed by atoms with E-state index in [1.165, 1.54) is 21.4 Å². The van der Waals surface area contributed by atoms with Crippen molar-refractivity contribution in [3.63, 3.8) is 0 Å². The fourth-order valence-electron chi connectivity index (χ4n) is 4.42. The fourth-order valence-corrected chi connectivity index (χ4v) is 5.73. The number of hydrogen-bond donors (Lipinski definition) is 1. The molecule has 1 saturated heterocycles. The molecule has 1 atom stereocenters. The van der Waals surface area contributed by atoms with Gasteiger partial charge in [-0.2, -0.15) is 0 Å². The number of fused-ring (bicyclic) bond motifs is 1. The zero-order chi connectivity index (χ0) is 24.7. The first-order valence-electron chi connectivity index (χ1n) is 11.1. The van der Waals surface area contributed by atoms with Crippen LogP contribution in [0.3, 0.4) is 0 Å². The highest BCUT2D eigenvalue weighted by atomic mass is 32.2. The number of anilines is 1. The van der Waals surface area contributed by atoms with E-state index in [0.29, 0.717) is 42.1 Å². The molecule has 1 unspecified atom stereocenters. The monoisotopic (exact) mass is 492 g/mol. The largest absolute Gasteiger partial charge is 0.465 e. The normalized spacial score (nSPS) is 16.6. The third-order valence-corrected chi connectivity index (χ3v) is 7.89. The third-order valence-electron chi connectivity index (χ3n) is 6.22. The summed E-state index contributed by atoms with van der Waals surface area (Å²) in [4.78, 5) is 28.4. The second kappa shape index (κ2) is 8.66. The van der Waals surface area contributed by atoms with Gasteiger partial charge in [-0.05, 0) is 38.1 Å². The Hall–Kier alpha value is -3.99. The molecule has 4 heterocycles. The Morgan fingerprint density at radius 1 is 1.06 bits per heavy atom. The highest BCUT2D eigenvalue weighted by Gasteiger charge is 2.31. The standard InChI is InChI=1S/C24H24N6O4S/c1-16-6-8-18(9-7-16)35(33,34)30-14-19(20-5-3-4-10-25-20)21-22(26-15-27-23(21)30)28-11-12-29(24(31)32)17(2)13-28/h3-10,14-15,17H,11-13H2,1-2H3,(H,31,32). The Morgan fingerprint density at radius 2 is 1.83 bits per heavy atom. The number of benzene rings is 1. The van der Waals surface area contributed by atoms with Gasteiger partial charge in [-0.3, -0.25) is 4.98 Å². The molecule has 1 N–H and O–H groups in total. The van der Waals surface area contributed by atoms with Gasteiger partial charge in [-0.1, -0.05) is 23.8 Å². The molecule has 1 aromatic carbocycles. The predicted molar refractivity (Wildman–Crippen MR) is 131 cm³/mol. The lowest BCUT2D eigenvalue weighted by Crippen LogP contribution is -2.54. The van der Waals surface area contributed by atoms with Crippen LogP contribution < -0.4 is 4.90 Å². The van der Waals surface area contributed by atoms with Crippen molar-refractivity contribution in [3.05, 3.63) is 66.7 Å². The van der Waals surface area contributed by atoms with Gasteiger partial charge in [0, 0.05) is 43.6 Å². The van der Waals surface area contributed by atoms with Crippen molar-refractivity contribution < 1.29 is 18.3 Å². The van der Waals surface area contributed by atoms with Crippen LogP contribution in [-0.4, -0.2) is 69.1 Å². The molecule has 11 heteroatoms. The quantitative estimate of drug-likeness (QED) is 0.461. The van der Waals surface area contributed by atoms with E-state index in [4.69, 9.17) is 0 Å². The fraction of sp³-hybridized carbons (Fsp3) is 0.250. The van der Waals surface area contributed by atoms with Crippen LogP contribution in [0.2, 0.25) is 0 Å². The van der Waals surface area contributed by atoms with Crippen LogP contribution >= 0.6 is 0 Å². The average molecular weight is 493 g/mol. The lowest BCUT2D eigenvalue weighted by Gasteiger charge is -2.39. The summed E-state index contributed by atoms with van der Waals surface area (Å²) in [5, 5.41) is 10.0. The van der Waals surface area contributed by atoms with Crippen LogP contribution in [-0.2, 0) is 10.0 Å². The molecule has 0 bridgehead atoms. The molecule has 1 aliphatic rings. The van der Waals surface area contributed by atoms with E-state index in [1.807, 2.05) is 24.8 Å². The van der Waals surface area contributed by atoms with Crippen molar-refractivity contribution >= 4 is 33.0 Å². The summed E-state index contributed by atoms with van der Waals surface area (Å²) in [6.07, 6.45) is 3.56. The van der Waals surface area contributed by atoms with Gasteiger partial charge in [0.2, 0.25) is 0 Å². The topological polar surface area (TPSA) is 122 Å². The molecule has 10 nitrogen and oxygen atoms in total. The lowest BCUT2D eigenvalue weighted by atomic mass is 10.1. The number of amides is 1. The van der Waals surface area contributed by atoms with Gasteiger partial charge >= 0.3 is 6.09 Å². The van der Waals surface area contributed by atoms with Gasteiger partial charge in [0.15, 0.2) is 5.65 Å². The second-order valence-electron chi connectivity index (χ2n) is 8.54. The summed E-state index contributed by atoms with van der Waals surface area (Å²) in [5.74, 6) is 0.547. The van der Waals surface area contributed by atoms with Crippen molar-refractivity contribution in [3.8, 4) is 11.3 Å². The molecular weight excluding hydrogens is 468 g/mol. The molecule has 1 amide bonds. The second-order valence-corrected chi connectivity index (χ2v) is 10.4. The highest BCUT2D eigenvalue weighted by molar-refractivity contribution is 7.90. The molecule has 0 aliphatic carbocycles. The predicted octanol–water partition coefficient (Wildman–Crippen LogP) is 3.23. The van der Waals surface area contributed by atoms with Crippen LogP contribution in [0.4, 0.5) is 10.6 Å². The number of rotatable bonds is 4. The van der Waals surface area contributed by atoms with Gasteiger partial charge in [-0.25, -0.2) is 27.2 Å². The number of carbonyl (C=O) groups is 1. The number of aryl methyl sites for hydroxylation is 1. The van der Waals surface area contributed by atoms with Gasteiger partial charge < -0.3 is 14.9 Å². The Morgan fingerprint density at radius 3 is 2.49 bits per heavy atom. The number of hydrogen-bond acceptors (Lipinski definition) is 7. The third kappa shape index (κ3) is 3.97. The van der Waals surface area contributed by atoms with Crippen LogP contribution in [0, 0.1) is 6.92 Å². The van der Waals surface area contributed by atoms with Crippen LogP contribution in [0.15, 0.2) is 66.1 Å². The van der Waals surface area contributed by atoms with E-state index >= 15 is 0 Å². The van der Waals surface area contributed by atoms with Crippen molar-refractivity contribution in [2.45, 2.75) is 24.8 Å². The zero-order valence-corrected chi connectivity index (χ0v) is 20.1. The maximum absolute atomic E-state index is 13.7. The molecule has 180 valence electrons. The molecular formula is C24H24N6O4S. The first kappa shape index (κ1) is 22.8. The minimum atomic E-state index is -3.95. The van der Waals surface area contributed by atoms with E-state index in [0.717, 1.165) is 5.56 Å². The van der Waals surface area contributed by atoms with E-state index < -0.39 is 16.1 Å². The molecule has 1 fully saturated rings. The van der Waals surface area contributed by atoms with E-state index in [-0.39, 0.29) is 16.6 Å². The van der Waals surface area contributed by atoms with Gasteiger partial charge in [0.1, 0.15) is 12.1 Å². The van der Waals surface area contributed by atoms with Gasteiger partial charge in [0.25, 0.3) is 10.0 Å².